The van der Waals surface area contributed by atoms with Gasteiger partial charge in [-0.1, -0.05) is 28.9 Å². The second-order valence-electron chi connectivity index (χ2n) is 4.82. The molecule has 1 aromatic carbocycles. The van der Waals surface area contributed by atoms with Crippen molar-refractivity contribution in [2.75, 3.05) is 19.6 Å². The number of hydrogen-bond acceptors (Lipinski definition) is 4. The summed E-state index contributed by atoms with van der Waals surface area (Å²) in [7, 11) is 0. The van der Waals surface area contributed by atoms with Crippen molar-refractivity contribution in [2.45, 2.75) is 0 Å². The predicted octanol–water partition coefficient (Wildman–Crippen LogP) is 2.37. The lowest BCUT2D eigenvalue weighted by molar-refractivity contribution is 0.0933. The van der Waals surface area contributed by atoms with Crippen molar-refractivity contribution in [3.05, 3.63) is 41.0 Å². The summed E-state index contributed by atoms with van der Waals surface area (Å²) in [6, 6.07) is 8.85. The largest absolute Gasteiger partial charge is 0.355 e. The third kappa shape index (κ3) is 3.75. The molecular weight excluding hydrogens is 313 g/mol. The topological polar surface area (TPSA) is 67.2 Å². The van der Waals surface area contributed by atoms with Gasteiger partial charge >= 0.3 is 0 Å². The van der Waals surface area contributed by atoms with Crippen LogP contribution in [0.25, 0.3) is 11.3 Å². The number of halogens is 2. The van der Waals surface area contributed by atoms with Crippen molar-refractivity contribution in [3.63, 3.8) is 0 Å². The van der Waals surface area contributed by atoms with Crippen molar-refractivity contribution in [2.24, 2.45) is 5.92 Å². The van der Waals surface area contributed by atoms with Gasteiger partial charge in [0, 0.05) is 42.2 Å². The number of hydrogen-bond donors (Lipinski definition) is 2. The molecule has 0 spiro atoms. The second kappa shape index (κ2) is 6.93. The summed E-state index contributed by atoms with van der Waals surface area (Å²) in [4.78, 5) is 11.9. The van der Waals surface area contributed by atoms with Gasteiger partial charge in [0.15, 0.2) is 11.5 Å². The van der Waals surface area contributed by atoms with Crippen LogP contribution in [-0.2, 0) is 0 Å². The molecule has 2 heterocycles. The second-order valence-corrected chi connectivity index (χ2v) is 5.26. The Bertz CT molecular complexity index is 626. The first-order chi connectivity index (χ1) is 9.72. The van der Waals surface area contributed by atoms with E-state index >= 15 is 0 Å². The highest BCUT2D eigenvalue weighted by Gasteiger charge is 2.19. The number of aromatic nitrogens is 1. The maximum atomic E-state index is 11.9. The highest BCUT2D eigenvalue weighted by Crippen LogP contribution is 2.23. The zero-order chi connectivity index (χ0) is 13.9. The summed E-state index contributed by atoms with van der Waals surface area (Å²) in [6.07, 6.45) is 0. The molecular formula is C14H15Cl2N3O2. The molecule has 1 fully saturated rings. The molecule has 0 aliphatic carbocycles. The molecule has 7 heteroatoms. The Hall–Kier alpha value is -1.56. The number of nitrogens with zero attached hydrogens (tertiary/aromatic N) is 1. The van der Waals surface area contributed by atoms with Crippen LogP contribution in [0.3, 0.4) is 0 Å². The monoisotopic (exact) mass is 327 g/mol. The average molecular weight is 328 g/mol. The van der Waals surface area contributed by atoms with Gasteiger partial charge in [0.2, 0.25) is 0 Å². The molecule has 0 radical (unpaired) electrons. The molecule has 1 aromatic heterocycles. The molecule has 0 unspecified atom stereocenters. The van der Waals surface area contributed by atoms with Crippen LogP contribution in [0.4, 0.5) is 0 Å². The number of rotatable bonds is 4. The van der Waals surface area contributed by atoms with Gasteiger partial charge in [0.05, 0.1) is 0 Å². The third-order valence-electron chi connectivity index (χ3n) is 3.27. The zero-order valence-electron chi connectivity index (χ0n) is 11.1. The van der Waals surface area contributed by atoms with Crippen LogP contribution in [0, 0.1) is 5.92 Å². The predicted molar refractivity (Wildman–Crippen MR) is 82.9 cm³/mol. The molecule has 2 N–H and O–H groups in total. The van der Waals surface area contributed by atoms with Gasteiger partial charge in [-0.2, -0.15) is 0 Å². The standard InChI is InChI=1S/C14H14ClN3O2.ClH/c15-11-3-1-2-10(4-11)13-5-12(18-20-13)14(19)17-8-9-6-16-7-9;/h1-5,9,16H,6-8H2,(H,17,19);1H. The Morgan fingerprint density at radius 1 is 1.43 bits per heavy atom. The van der Waals surface area contributed by atoms with E-state index in [2.05, 4.69) is 15.8 Å². The fourth-order valence-corrected chi connectivity index (χ4v) is 2.17. The summed E-state index contributed by atoms with van der Waals surface area (Å²) < 4.78 is 5.19. The van der Waals surface area contributed by atoms with Crippen LogP contribution in [0.15, 0.2) is 34.9 Å². The lowest BCUT2D eigenvalue weighted by Crippen LogP contribution is -2.48. The molecule has 0 bridgehead atoms. The Labute approximate surface area is 133 Å². The normalized spacial score (nSPS) is 14.1. The van der Waals surface area contributed by atoms with Gasteiger partial charge in [0.1, 0.15) is 0 Å². The molecule has 2 aromatic rings. The van der Waals surface area contributed by atoms with Crippen molar-refractivity contribution in [1.82, 2.24) is 15.8 Å². The van der Waals surface area contributed by atoms with E-state index in [-0.39, 0.29) is 24.0 Å². The van der Waals surface area contributed by atoms with Crippen LogP contribution < -0.4 is 10.6 Å². The molecule has 3 rings (SSSR count). The first-order valence-electron chi connectivity index (χ1n) is 6.44. The maximum absolute atomic E-state index is 11.9. The van der Waals surface area contributed by atoms with Crippen molar-refractivity contribution < 1.29 is 9.32 Å². The number of nitrogens with one attached hydrogen (secondary N) is 2. The number of carbonyl (C=O) groups is 1. The molecule has 5 nitrogen and oxygen atoms in total. The van der Waals surface area contributed by atoms with Crippen LogP contribution in [0.2, 0.25) is 5.02 Å². The minimum Gasteiger partial charge on any atom is -0.355 e. The van der Waals surface area contributed by atoms with Gasteiger partial charge in [-0.05, 0) is 12.1 Å². The van der Waals surface area contributed by atoms with E-state index in [4.69, 9.17) is 16.1 Å². The van der Waals surface area contributed by atoms with Crippen LogP contribution in [-0.4, -0.2) is 30.7 Å². The van der Waals surface area contributed by atoms with Gasteiger partial charge < -0.3 is 15.2 Å². The van der Waals surface area contributed by atoms with Gasteiger partial charge in [-0.3, -0.25) is 4.79 Å². The molecule has 0 atom stereocenters. The highest BCUT2D eigenvalue weighted by molar-refractivity contribution is 6.30. The fourth-order valence-electron chi connectivity index (χ4n) is 1.98. The lowest BCUT2D eigenvalue weighted by Gasteiger charge is -2.26. The van der Waals surface area contributed by atoms with E-state index in [1.54, 1.807) is 18.2 Å². The minimum absolute atomic E-state index is 0. The van der Waals surface area contributed by atoms with Crippen LogP contribution in [0.1, 0.15) is 10.5 Å². The smallest absolute Gasteiger partial charge is 0.273 e. The van der Waals surface area contributed by atoms with Gasteiger partial charge in [-0.25, -0.2) is 0 Å². The van der Waals surface area contributed by atoms with Crippen LogP contribution in [0.5, 0.6) is 0 Å². The molecule has 1 saturated heterocycles. The molecule has 1 aliphatic heterocycles. The van der Waals surface area contributed by atoms with E-state index in [0.717, 1.165) is 18.7 Å². The Morgan fingerprint density at radius 3 is 2.90 bits per heavy atom. The van der Waals surface area contributed by atoms with E-state index < -0.39 is 0 Å². The first kappa shape index (κ1) is 15.8. The SMILES string of the molecule is Cl.O=C(NCC1CNC1)c1cc(-c2cccc(Cl)c2)on1. The molecule has 1 amide bonds. The number of benzene rings is 1. The van der Waals surface area contributed by atoms with Gasteiger partial charge in [-0.15, -0.1) is 12.4 Å². The van der Waals surface area contributed by atoms with E-state index in [1.807, 2.05) is 12.1 Å². The summed E-state index contributed by atoms with van der Waals surface area (Å²) in [6.45, 7) is 2.56. The molecule has 1 aliphatic rings. The minimum atomic E-state index is -0.214. The Kier molecular flexibility index (Phi) is 5.22. The summed E-state index contributed by atoms with van der Waals surface area (Å²) in [5.41, 5.74) is 1.08. The van der Waals surface area contributed by atoms with Crippen LogP contribution >= 0.6 is 24.0 Å². The lowest BCUT2D eigenvalue weighted by atomic mass is 10.0. The van der Waals surface area contributed by atoms with Crippen molar-refractivity contribution in [3.8, 4) is 11.3 Å². The molecule has 21 heavy (non-hydrogen) atoms. The molecule has 112 valence electrons. The third-order valence-corrected chi connectivity index (χ3v) is 3.50. The van der Waals surface area contributed by atoms with E-state index in [9.17, 15) is 4.79 Å². The average Bonchev–Trinajstić information content (AvgIpc) is 2.86. The summed E-state index contributed by atoms with van der Waals surface area (Å²) in [5, 5.41) is 10.4. The Balaban J connectivity index is 0.00000161. The number of carbonyl (C=O) groups excluding carboxylic acids is 1. The Morgan fingerprint density at radius 2 is 2.24 bits per heavy atom. The quantitative estimate of drug-likeness (QED) is 0.904. The first-order valence-corrected chi connectivity index (χ1v) is 6.82. The van der Waals surface area contributed by atoms with Gasteiger partial charge in [0.25, 0.3) is 5.91 Å². The molecule has 0 saturated carbocycles. The van der Waals surface area contributed by atoms with E-state index in [1.165, 1.54) is 0 Å². The van der Waals surface area contributed by atoms with Crippen molar-refractivity contribution in [1.29, 1.82) is 0 Å². The zero-order valence-corrected chi connectivity index (χ0v) is 12.7. The summed E-state index contributed by atoms with van der Waals surface area (Å²) in [5.74, 6) is 0.829. The van der Waals surface area contributed by atoms with E-state index in [0.29, 0.717) is 23.2 Å². The number of amides is 1. The van der Waals surface area contributed by atoms with Crippen molar-refractivity contribution >= 4 is 29.9 Å². The highest BCUT2D eigenvalue weighted by atomic mass is 35.5. The maximum Gasteiger partial charge on any atom is 0.273 e. The fraction of sp³-hybridized carbons (Fsp3) is 0.286. The summed E-state index contributed by atoms with van der Waals surface area (Å²) >= 11 is 5.92.